The van der Waals surface area contributed by atoms with E-state index < -0.39 is 12.2 Å². The van der Waals surface area contributed by atoms with Gasteiger partial charge < -0.3 is 25.2 Å². The smallest absolute Gasteiger partial charge is 0.224 e. The number of hydrogen-bond acceptors (Lipinski definition) is 5. The van der Waals surface area contributed by atoms with Crippen molar-refractivity contribution in [3.8, 4) is 5.75 Å². The number of benzene rings is 2. The minimum atomic E-state index is -0.555. The summed E-state index contributed by atoms with van der Waals surface area (Å²) in [4.78, 5) is 24.8. The Hall–Kier alpha value is -2.97. The molecule has 2 aromatic rings. The van der Waals surface area contributed by atoms with Crippen molar-refractivity contribution in [3.63, 3.8) is 0 Å². The van der Waals surface area contributed by atoms with Crippen LogP contribution in [0.5, 0.6) is 5.75 Å². The fraction of sp³-hybridized carbons (Fsp3) is 0.462. The third kappa shape index (κ3) is 5.23. The van der Waals surface area contributed by atoms with E-state index in [9.17, 15) is 19.1 Å². The minimum Gasteiger partial charge on any atom is -0.487 e. The van der Waals surface area contributed by atoms with Crippen LogP contribution in [-0.2, 0) is 20.9 Å². The molecule has 180 valence electrons. The molecular weight excluding hydrogens is 439 g/mol. The Bertz CT molecular complexity index is 1070. The van der Waals surface area contributed by atoms with Crippen LogP contribution in [0.25, 0.3) is 0 Å². The van der Waals surface area contributed by atoms with Gasteiger partial charge in [0, 0.05) is 30.1 Å². The van der Waals surface area contributed by atoms with Gasteiger partial charge in [0.15, 0.2) is 0 Å². The summed E-state index contributed by atoms with van der Waals surface area (Å²) >= 11 is 0. The summed E-state index contributed by atoms with van der Waals surface area (Å²) in [7, 11) is 0. The number of aliphatic hydroxyl groups is 1. The largest absolute Gasteiger partial charge is 0.487 e. The molecule has 8 heteroatoms. The maximum Gasteiger partial charge on any atom is 0.224 e. The highest BCUT2D eigenvalue weighted by Crippen LogP contribution is 2.47. The number of fused-ring (bicyclic) bond motifs is 3. The van der Waals surface area contributed by atoms with Crippen LogP contribution in [0.15, 0.2) is 42.5 Å². The predicted octanol–water partition coefficient (Wildman–Crippen LogP) is 3.27. The molecule has 5 rings (SSSR count). The second kappa shape index (κ2) is 9.72. The highest BCUT2D eigenvalue weighted by molar-refractivity contribution is 5.91. The van der Waals surface area contributed by atoms with E-state index in [2.05, 4.69) is 10.6 Å². The van der Waals surface area contributed by atoms with Gasteiger partial charge in [-0.3, -0.25) is 9.59 Å². The lowest BCUT2D eigenvalue weighted by Gasteiger charge is -2.37. The molecule has 4 atom stereocenters. The molecule has 0 bridgehead atoms. The number of halogens is 1. The van der Waals surface area contributed by atoms with E-state index in [1.54, 1.807) is 12.1 Å². The van der Waals surface area contributed by atoms with Crippen LogP contribution in [-0.4, -0.2) is 41.8 Å². The van der Waals surface area contributed by atoms with Crippen molar-refractivity contribution < 1.29 is 28.6 Å². The molecule has 3 aliphatic rings. The SMILES string of the molecule is O=C(C[C@H]1C[C@H]2c3cc(NC(=O)CC4CC4)ccc3O[C@H]2[C@@H](CO)O1)NCc1cccc(F)c1. The number of hydrogen-bond donors (Lipinski definition) is 3. The van der Waals surface area contributed by atoms with Crippen LogP contribution in [0, 0.1) is 11.7 Å². The van der Waals surface area contributed by atoms with E-state index in [1.807, 2.05) is 18.2 Å². The predicted molar refractivity (Wildman–Crippen MR) is 123 cm³/mol. The fourth-order valence-electron chi connectivity index (χ4n) is 4.89. The number of ether oxygens (including phenoxy) is 2. The van der Waals surface area contributed by atoms with Gasteiger partial charge in [0.2, 0.25) is 11.8 Å². The van der Waals surface area contributed by atoms with E-state index in [0.717, 1.165) is 24.1 Å². The standard InChI is InChI=1S/C26H29FN2O5/c27-17-3-1-2-16(8-17)13-28-24(31)12-19-11-21-20-10-18(29-25(32)9-15-4-5-15)6-7-22(20)34-26(21)23(14-30)33-19/h1-3,6-8,10,15,19,21,23,26,30H,4-5,9,11-14H2,(H,28,31)(H,29,32)/t19-,21+,23-,26-/m1/s1. The van der Waals surface area contributed by atoms with Crippen LogP contribution in [0.1, 0.15) is 49.1 Å². The molecule has 2 aromatic carbocycles. The zero-order valence-electron chi connectivity index (χ0n) is 18.8. The van der Waals surface area contributed by atoms with Crippen molar-refractivity contribution in [2.75, 3.05) is 11.9 Å². The molecule has 2 aliphatic heterocycles. The van der Waals surface area contributed by atoms with Crippen molar-refractivity contribution in [1.29, 1.82) is 0 Å². The summed E-state index contributed by atoms with van der Waals surface area (Å²) in [5.74, 6) is 0.643. The fourth-order valence-corrected chi connectivity index (χ4v) is 4.89. The zero-order valence-corrected chi connectivity index (χ0v) is 18.8. The molecule has 2 heterocycles. The Morgan fingerprint density at radius 1 is 1.09 bits per heavy atom. The Morgan fingerprint density at radius 3 is 2.71 bits per heavy atom. The van der Waals surface area contributed by atoms with Crippen LogP contribution < -0.4 is 15.4 Å². The normalized spacial score (nSPS) is 25.1. The summed E-state index contributed by atoms with van der Waals surface area (Å²) < 4.78 is 25.4. The molecule has 2 fully saturated rings. The summed E-state index contributed by atoms with van der Waals surface area (Å²) in [5.41, 5.74) is 2.37. The first-order valence-electron chi connectivity index (χ1n) is 11.9. The van der Waals surface area contributed by atoms with Gasteiger partial charge in [-0.25, -0.2) is 4.39 Å². The number of carbonyl (C=O) groups excluding carboxylic acids is 2. The van der Waals surface area contributed by atoms with Crippen LogP contribution in [0.2, 0.25) is 0 Å². The van der Waals surface area contributed by atoms with E-state index >= 15 is 0 Å². The van der Waals surface area contributed by atoms with Crippen molar-refractivity contribution in [3.05, 3.63) is 59.4 Å². The molecule has 0 spiro atoms. The van der Waals surface area contributed by atoms with E-state index in [-0.39, 0.29) is 49.2 Å². The molecule has 0 unspecified atom stereocenters. The molecule has 34 heavy (non-hydrogen) atoms. The van der Waals surface area contributed by atoms with Crippen LogP contribution in [0.4, 0.5) is 10.1 Å². The van der Waals surface area contributed by atoms with E-state index in [0.29, 0.717) is 30.1 Å². The number of carbonyl (C=O) groups is 2. The molecule has 7 nitrogen and oxygen atoms in total. The molecule has 0 aromatic heterocycles. The molecular formula is C26H29FN2O5. The molecule has 1 aliphatic carbocycles. The Kier molecular flexibility index (Phi) is 6.52. The number of anilines is 1. The molecule has 2 amide bonds. The monoisotopic (exact) mass is 468 g/mol. The topological polar surface area (TPSA) is 96.9 Å². The quantitative estimate of drug-likeness (QED) is 0.553. The Labute approximate surface area is 197 Å². The lowest BCUT2D eigenvalue weighted by molar-refractivity contribution is -0.142. The minimum absolute atomic E-state index is 0.0194. The number of nitrogens with one attached hydrogen (secondary N) is 2. The number of aliphatic hydroxyl groups excluding tert-OH is 1. The number of rotatable bonds is 8. The van der Waals surface area contributed by atoms with Gasteiger partial charge in [0.25, 0.3) is 0 Å². The molecule has 3 N–H and O–H groups in total. The highest BCUT2D eigenvalue weighted by atomic mass is 19.1. The van der Waals surface area contributed by atoms with Crippen molar-refractivity contribution in [1.82, 2.24) is 5.32 Å². The van der Waals surface area contributed by atoms with Crippen LogP contribution in [0.3, 0.4) is 0 Å². The summed E-state index contributed by atoms with van der Waals surface area (Å²) in [6.07, 6.45) is 2.18. The van der Waals surface area contributed by atoms with E-state index in [1.165, 1.54) is 12.1 Å². The molecule has 1 saturated heterocycles. The lowest BCUT2D eigenvalue weighted by atomic mass is 9.84. The Balaban J connectivity index is 1.23. The van der Waals surface area contributed by atoms with Gasteiger partial charge in [-0.1, -0.05) is 12.1 Å². The maximum absolute atomic E-state index is 13.4. The third-order valence-corrected chi connectivity index (χ3v) is 6.75. The third-order valence-electron chi connectivity index (χ3n) is 6.75. The lowest BCUT2D eigenvalue weighted by Crippen LogP contribution is -2.47. The summed E-state index contributed by atoms with van der Waals surface area (Å²) in [5, 5.41) is 15.7. The van der Waals surface area contributed by atoms with Crippen molar-refractivity contribution in [2.45, 2.75) is 62.9 Å². The number of amides is 2. The van der Waals surface area contributed by atoms with Gasteiger partial charge >= 0.3 is 0 Å². The van der Waals surface area contributed by atoms with Gasteiger partial charge in [0.05, 0.1) is 19.1 Å². The highest BCUT2D eigenvalue weighted by Gasteiger charge is 2.46. The van der Waals surface area contributed by atoms with Crippen molar-refractivity contribution >= 4 is 17.5 Å². The maximum atomic E-state index is 13.4. The van der Waals surface area contributed by atoms with Crippen LogP contribution >= 0.6 is 0 Å². The summed E-state index contributed by atoms with van der Waals surface area (Å²) in [6.45, 7) is 0.0101. The van der Waals surface area contributed by atoms with E-state index in [4.69, 9.17) is 9.47 Å². The summed E-state index contributed by atoms with van der Waals surface area (Å²) in [6, 6.07) is 11.7. The first-order chi connectivity index (χ1) is 16.5. The molecule has 1 saturated carbocycles. The average Bonchev–Trinajstić information content (AvgIpc) is 3.55. The van der Waals surface area contributed by atoms with Gasteiger partial charge in [-0.15, -0.1) is 0 Å². The average molecular weight is 469 g/mol. The second-order valence-electron chi connectivity index (χ2n) is 9.46. The first-order valence-corrected chi connectivity index (χ1v) is 11.9. The van der Waals surface area contributed by atoms with Gasteiger partial charge in [0.1, 0.15) is 23.8 Å². The van der Waals surface area contributed by atoms with Gasteiger partial charge in [-0.2, -0.15) is 0 Å². The second-order valence-corrected chi connectivity index (χ2v) is 9.46. The van der Waals surface area contributed by atoms with Crippen molar-refractivity contribution in [2.24, 2.45) is 5.92 Å². The molecule has 0 radical (unpaired) electrons. The van der Waals surface area contributed by atoms with Gasteiger partial charge in [-0.05, 0) is 61.1 Å². The Morgan fingerprint density at radius 2 is 1.94 bits per heavy atom. The first kappa shape index (κ1) is 22.8. The zero-order chi connectivity index (χ0) is 23.7.